The second kappa shape index (κ2) is 4.13. The highest BCUT2D eigenvalue weighted by Crippen LogP contribution is 2.39. The fourth-order valence-electron chi connectivity index (χ4n) is 1.35. The third-order valence-corrected chi connectivity index (χ3v) is 3.52. The minimum Gasteiger partial charge on any atom is -0.398 e. The van der Waals surface area contributed by atoms with Gasteiger partial charge in [-0.05, 0) is 47.1 Å². The molecule has 0 spiro atoms. The van der Waals surface area contributed by atoms with E-state index in [0.717, 1.165) is 0 Å². The first-order valence-corrected chi connectivity index (χ1v) is 5.56. The molecule has 0 aromatic heterocycles. The van der Waals surface area contributed by atoms with E-state index >= 15 is 0 Å². The van der Waals surface area contributed by atoms with E-state index in [4.69, 9.17) is 15.0 Å². The molecule has 0 radical (unpaired) electrons. The second-order valence-electron chi connectivity index (χ2n) is 5.41. The van der Waals surface area contributed by atoms with Crippen LogP contribution in [-0.4, -0.2) is 24.4 Å². The molecular formula is C11H21BFNO2. The summed E-state index contributed by atoms with van der Waals surface area (Å²) in [5.41, 5.74) is 4.65. The average molecular weight is 229 g/mol. The highest BCUT2D eigenvalue weighted by Gasteiger charge is 2.53. The van der Waals surface area contributed by atoms with Crippen LogP contribution in [0.4, 0.5) is 4.39 Å². The Morgan fingerprint density at radius 2 is 1.56 bits per heavy atom. The van der Waals surface area contributed by atoms with E-state index in [9.17, 15) is 4.39 Å². The van der Waals surface area contributed by atoms with Crippen molar-refractivity contribution in [1.82, 2.24) is 0 Å². The lowest BCUT2D eigenvalue weighted by molar-refractivity contribution is 0.00578. The Morgan fingerprint density at radius 3 is 1.88 bits per heavy atom. The maximum Gasteiger partial charge on any atom is 0.525 e. The van der Waals surface area contributed by atoms with E-state index in [1.165, 1.54) is 0 Å². The topological polar surface area (TPSA) is 44.5 Å². The smallest absolute Gasteiger partial charge is 0.398 e. The van der Waals surface area contributed by atoms with Gasteiger partial charge in [0.2, 0.25) is 0 Å². The van der Waals surface area contributed by atoms with Gasteiger partial charge in [-0.25, -0.2) is 4.39 Å². The van der Waals surface area contributed by atoms with E-state index in [1.807, 2.05) is 27.7 Å². The highest BCUT2D eigenvalue weighted by molar-refractivity contribution is 6.53. The first kappa shape index (κ1) is 13.7. The summed E-state index contributed by atoms with van der Waals surface area (Å²) in [6.07, 6.45) is 0. The Bertz CT molecular complexity index is 297. The van der Waals surface area contributed by atoms with Gasteiger partial charge in [-0.3, -0.25) is 0 Å². The molecule has 0 bridgehead atoms. The summed E-state index contributed by atoms with van der Waals surface area (Å²) < 4.78 is 25.2. The van der Waals surface area contributed by atoms with Gasteiger partial charge in [0.05, 0.1) is 11.2 Å². The lowest BCUT2D eigenvalue weighted by atomic mass is 9.83. The van der Waals surface area contributed by atoms with Crippen molar-refractivity contribution in [3.63, 3.8) is 0 Å². The Hall–Kier alpha value is -0.385. The second-order valence-corrected chi connectivity index (χ2v) is 5.41. The number of nitrogens with two attached hydrogens (primary N) is 1. The Kier molecular flexibility index (Phi) is 3.53. The van der Waals surface area contributed by atoms with Crippen LogP contribution in [0.3, 0.4) is 0 Å². The van der Waals surface area contributed by atoms with Crippen LogP contribution in [-0.2, 0) is 9.31 Å². The fraction of sp³-hybridized carbons (Fsp3) is 0.818. The van der Waals surface area contributed by atoms with Gasteiger partial charge in [0.25, 0.3) is 0 Å². The summed E-state index contributed by atoms with van der Waals surface area (Å²) in [4.78, 5) is 0. The molecule has 1 saturated heterocycles. The molecule has 0 amide bonds. The SMILES string of the molecule is CC(=C(F)B1OC(C)(C)C(C)(C)O1)C(C)N. The zero-order valence-electron chi connectivity index (χ0n) is 10.9. The van der Waals surface area contributed by atoms with Crippen molar-refractivity contribution in [3.8, 4) is 0 Å². The van der Waals surface area contributed by atoms with E-state index in [-0.39, 0.29) is 6.04 Å². The van der Waals surface area contributed by atoms with Crippen LogP contribution < -0.4 is 5.73 Å². The van der Waals surface area contributed by atoms with Crippen molar-refractivity contribution in [2.24, 2.45) is 5.73 Å². The zero-order chi connectivity index (χ0) is 12.7. The van der Waals surface area contributed by atoms with Crippen molar-refractivity contribution >= 4 is 7.12 Å². The molecule has 5 heteroatoms. The Labute approximate surface area is 97.3 Å². The normalized spacial score (nSPS) is 26.6. The maximum atomic E-state index is 14.0. The van der Waals surface area contributed by atoms with Gasteiger partial charge in [0.15, 0.2) is 0 Å². The van der Waals surface area contributed by atoms with Crippen molar-refractivity contribution in [2.45, 2.75) is 58.8 Å². The number of hydrogen-bond donors (Lipinski definition) is 1. The van der Waals surface area contributed by atoms with Crippen molar-refractivity contribution in [3.05, 3.63) is 11.3 Å². The summed E-state index contributed by atoms with van der Waals surface area (Å²) in [7, 11) is -0.934. The molecule has 2 N–H and O–H groups in total. The van der Waals surface area contributed by atoms with Crippen LogP contribution in [0.15, 0.2) is 11.3 Å². The van der Waals surface area contributed by atoms with Gasteiger partial charge < -0.3 is 15.0 Å². The highest BCUT2D eigenvalue weighted by atomic mass is 19.1. The summed E-state index contributed by atoms with van der Waals surface area (Å²) in [6.45, 7) is 11.0. The molecule has 1 aliphatic heterocycles. The first-order chi connectivity index (χ1) is 7.08. The fourth-order valence-corrected chi connectivity index (χ4v) is 1.35. The molecule has 3 nitrogen and oxygen atoms in total. The zero-order valence-corrected chi connectivity index (χ0v) is 10.9. The molecule has 1 unspecified atom stereocenters. The average Bonchev–Trinajstić information content (AvgIpc) is 2.33. The predicted octanol–water partition coefficient (Wildman–Crippen LogP) is 2.21. The molecule has 0 aliphatic carbocycles. The molecule has 92 valence electrons. The van der Waals surface area contributed by atoms with Crippen LogP contribution in [0.25, 0.3) is 0 Å². The first-order valence-electron chi connectivity index (χ1n) is 5.56. The number of rotatable bonds is 2. The molecule has 1 heterocycles. The van der Waals surface area contributed by atoms with Crippen molar-refractivity contribution in [2.75, 3.05) is 0 Å². The minimum atomic E-state index is -0.934. The standard InChI is InChI=1S/C11H21BFNO2/c1-7(8(2)14)9(13)12-15-10(3,4)11(5,6)16-12/h8H,14H2,1-6H3. The summed E-state index contributed by atoms with van der Waals surface area (Å²) >= 11 is 0. The van der Waals surface area contributed by atoms with Gasteiger partial charge in [-0.2, -0.15) is 0 Å². The van der Waals surface area contributed by atoms with E-state index < -0.39 is 24.0 Å². The quantitative estimate of drug-likeness (QED) is 0.738. The van der Waals surface area contributed by atoms with Gasteiger partial charge in [0, 0.05) is 6.04 Å². The molecule has 1 fully saturated rings. The van der Waals surface area contributed by atoms with Crippen LogP contribution in [0.2, 0.25) is 0 Å². The molecule has 16 heavy (non-hydrogen) atoms. The lowest BCUT2D eigenvalue weighted by Crippen LogP contribution is -2.41. The lowest BCUT2D eigenvalue weighted by Gasteiger charge is -2.32. The Morgan fingerprint density at radius 1 is 1.19 bits per heavy atom. The maximum absolute atomic E-state index is 14.0. The predicted molar refractivity (Wildman–Crippen MR) is 63.5 cm³/mol. The van der Waals surface area contributed by atoms with E-state index in [1.54, 1.807) is 13.8 Å². The largest absolute Gasteiger partial charge is 0.525 e. The van der Waals surface area contributed by atoms with Crippen molar-refractivity contribution < 1.29 is 13.7 Å². The van der Waals surface area contributed by atoms with Crippen LogP contribution in [0.5, 0.6) is 0 Å². The summed E-state index contributed by atoms with van der Waals surface area (Å²) in [5, 5.41) is 0. The van der Waals surface area contributed by atoms with Crippen LogP contribution >= 0.6 is 0 Å². The van der Waals surface area contributed by atoms with Gasteiger partial charge in [0.1, 0.15) is 5.73 Å². The van der Waals surface area contributed by atoms with Crippen molar-refractivity contribution in [1.29, 1.82) is 0 Å². The number of hydrogen-bond acceptors (Lipinski definition) is 3. The molecule has 1 rings (SSSR count). The van der Waals surface area contributed by atoms with Gasteiger partial charge in [-0.15, -0.1) is 0 Å². The van der Waals surface area contributed by atoms with Crippen LogP contribution in [0.1, 0.15) is 41.5 Å². The van der Waals surface area contributed by atoms with E-state index in [2.05, 4.69) is 0 Å². The molecule has 1 aliphatic rings. The van der Waals surface area contributed by atoms with E-state index in [0.29, 0.717) is 5.57 Å². The third-order valence-electron chi connectivity index (χ3n) is 3.52. The van der Waals surface area contributed by atoms with Gasteiger partial charge >= 0.3 is 7.12 Å². The molecule has 0 aromatic rings. The van der Waals surface area contributed by atoms with Gasteiger partial charge in [-0.1, -0.05) is 0 Å². The summed E-state index contributed by atoms with van der Waals surface area (Å²) in [5.74, 6) is 0. The Balaban J connectivity index is 2.93. The molecule has 0 saturated carbocycles. The summed E-state index contributed by atoms with van der Waals surface area (Å²) in [6, 6.07) is -0.334. The molecule has 1 atom stereocenters. The third kappa shape index (κ3) is 2.31. The number of halogens is 1. The monoisotopic (exact) mass is 229 g/mol. The molecule has 0 aromatic carbocycles. The van der Waals surface area contributed by atoms with Crippen LogP contribution in [0, 0.1) is 0 Å². The molecular weight excluding hydrogens is 208 g/mol. The minimum absolute atomic E-state index is 0.334.